The molecule has 3 rings (SSSR count). The monoisotopic (exact) mass is 269 g/mol. The predicted octanol–water partition coefficient (Wildman–Crippen LogP) is 2.84. The molecule has 1 fully saturated rings. The standard InChI is InChI=1S/C17H23N3/c1-14(2)20-9-8-16(19-20)11-17(12-18-13-17)10-15-6-4-3-5-7-15/h3-9,14,18H,10-13H2,1-2H3. The summed E-state index contributed by atoms with van der Waals surface area (Å²) in [4.78, 5) is 0. The minimum atomic E-state index is 0.345. The lowest BCUT2D eigenvalue weighted by molar-refractivity contribution is 0.164. The van der Waals surface area contributed by atoms with E-state index in [1.807, 2.05) is 0 Å². The maximum absolute atomic E-state index is 4.71. The third kappa shape index (κ3) is 2.78. The van der Waals surface area contributed by atoms with E-state index in [2.05, 4.69) is 66.4 Å². The number of benzene rings is 1. The van der Waals surface area contributed by atoms with E-state index in [4.69, 9.17) is 5.10 Å². The Morgan fingerprint density at radius 3 is 2.45 bits per heavy atom. The molecule has 106 valence electrons. The van der Waals surface area contributed by atoms with Crippen LogP contribution in [0.3, 0.4) is 0 Å². The Hall–Kier alpha value is -1.61. The molecular weight excluding hydrogens is 246 g/mol. The molecule has 0 spiro atoms. The molecule has 1 aromatic heterocycles. The van der Waals surface area contributed by atoms with E-state index in [0.29, 0.717) is 11.5 Å². The van der Waals surface area contributed by atoms with Crippen LogP contribution in [-0.2, 0) is 12.8 Å². The summed E-state index contributed by atoms with van der Waals surface area (Å²) in [6.45, 7) is 6.52. The largest absolute Gasteiger partial charge is 0.315 e. The minimum Gasteiger partial charge on any atom is -0.315 e. The van der Waals surface area contributed by atoms with Gasteiger partial charge >= 0.3 is 0 Å². The highest BCUT2D eigenvalue weighted by Crippen LogP contribution is 2.31. The first kappa shape index (κ1) is 13.4. The maximum Gasteiger partial charge on any atom is 0.0631 e. The highest BCUT2D eigenvalue weighted by Gasteiger charge is 2.37. The fourth-order valence-electron chi connectivity index (χ4n) is 2.96. The summed E-state index contributed by atoms with van der Waals surface area (Å²) in [5.41, 5.74) is 2.99. The summed E-state index contributed by atoms with van der Waals surface area (Å²) in [5.74, 6) is 0. The molecule has 1 saturated heterocycles. The van der Waals surface area contributed by atoms with Gasteiger partial charge in [0.2, 0.25) is 0 Å². The van der Waals surface area contributed by atoms with Crippen molar-refractivity contribution in [3.05, 3.63) is 53.9 Å². The zero-order valence-electron chi connectivity index (χ0n) is 12.3. The van der Waals surface area contributed by atoms with Crippen LogP contribution in [-0.4, -0.2) is 22.9 Å². The first-order valence-corrected chi connectivity index (χ1v) is 7.46. The molecule has 1 aliphatic rings. The van der Waals surface area contributed by atoms with Crippen molar-refractivity contribution in [2.45, 2.75) is 32.7 Å². The van der Waals surface area contributed by atoms with Crippen molar-refractivity contribution in [2.24, 2.45) is 5.41 Å². The molecule has 0 aliphatic carbocycles. The summed E-state index contributed by atoms with van der Waals surface area (Å²) >= 11 is 0. The van der Waals surface area contributed by atoms with Crippen LogP contribution >= 0.6 is 0 Å². The average Bonchev–Trinajstić information content (AvgIpc) is 2.86. The van der Waals surface area contributed by atoms with E-state index in [9.17, 15) is 0 Å². The van der Waals surface area contributed by atoms with Crippen molar-refractivity contribution in [2.75, 3.05) is 13.1 Å². The second-order valence-electron chi connectivity index (χ2n) is 6.32. The fourth-order valence-corrected chi connectivity index (χ4v) is 2.96. The van der Waals surface area contributed by atoms with Crippen LogP contribution in [0.1, 0.15) is 31.1 Å². The third-order valence-electron chi connectivity index (χ3n) is 4.17. The first-order chi connectivity index (χ1) is 9.67. The van der Waals surface area contributed by atoms with Crippen molar-refractivity contribution in [3.8, 4) is 0 Å². The Labute approximate surface area is 121 Å². The summed E-state index contributed by atoms with van der Waals surface area (Å²) in [6.07, 6.45) is 4.30. The summed E-state index contributed by atoms with van der Waals surface area (Å²) in [6, 6.07) is 13.4. The molecule has 0 bridgehead atoms. The quantitative estimate of drug-likeness (QED) is 0.904. The topological polar surface area (TPSA) is 29.9 Å². The highest BCUT2D eigenvalue weighted by atomic mass is 15.3. The van der Waals surface area contributed by atoms with Gasteiger partial charge in [0.05, 0.1) is 5.69 Å². The van der Waals surface area contributed by atoms with Crippen LogP contribution in [0.2, 0.25) is 0 Å². The van der Waals surface area contributed by atoms with Gasteiger partial charge in [-0.25, -0.2) is 0 Å². The number of rotatable bonds is 5. The Balaban J connectivity index is 1.72. The Morgan fingerprint density at radius 1 is 1.15 bits per heavy atom. The molecule has 0 unspecified atom stereocenters. The summed E-state index contributed by atoms with van der Waals surface area (Å²) in [5, 5.41) is 8.14. The zero-order chi connectivity index (χ0) is 14.0. The van der Waals surface area contributed by atoms with Gasteiger partial charge in [-0.05, 0) is 38.3 Å². The van der Waals surface area contributed by atoms with E-state index < -0.39 is 0 Å². The van der Waals surface area contributed by atoms with Crippen LogP contribution in [0.15, 0.2) is 42.6 Å². The summed E-state index contributed by atoms with van der Waals surface area (Å²) in [7, 11) is 0. The van der Waals surface area contributed by atoms with Crippen molar-refractivity contribution in [3.63, 3.8) is 0 Å². The van der Waals surface area contributed by atoms with E-state index in [-0.39, 0.29) is 0 Å². The van der Waals surface area contributed by atoms with E-state index in [0.717, 1.165) is 25.9 Å². The molecule has 20 heavy (non-hydrogen) atoms. The van der Waals surface area contributed by atoms with Gasteiger partial charge in [-0.3, -0.25) is 4.68 Å². The molecule has 3 nitrogen and oxygen atoms in total. The van der Waals surface area contributed by atoms with Gasteiger partial charge < -0.3 is 5.32 Å². The molecule has 0 amide bonds. The molecular formula is C17H23N3. The van der Waals surface area contributed by atoms with Crippen LogP contribution in [0.4, 0.5) is 0 Å². The lowest BCUT2D eigenvalue weighted by Crippen LogP contribution is -2.56. The molecule has 1 aromatic carbocycles. The third-order valence-corrected chi connectivity index (χ3v) is 4.17. The number of aromatic nitrogens is 2. The SMILES string of the molecule is CC(C)n1ccc(CC2(Cc3ccccc3)CNC2)n1. The van der Waals surface area contributed by atoms with Crippen molar-refractivity contribution in [1.82, 2.24) is 15.1 Å². The van der Waals surface area contributed by atoms with Crippen LogP contribution in [0, 0.1) is 5.41 Å². The molecule has 2 aromatic rings. The second-order valence-corrected chi connectivity index (χ2v) is 6.32. The van der Waals surface area contributed by atoms with Crippen LogP contribution in [0.25, 0.3) is 0 Å². The van der Waals surface area contributed by atoms with E-state index in [1.54, 1.807) is 0 Å². The molecule has 3 heteroatoms. The van der Waals surface area contributed by atoms with E-state index in [1.165, 1.54) is 11.3 Å². The van der Waals surface area contributed by atoms with Gasteiger partial charge in [0.1, 0.15) is 0 Å². The van der Waals surface area contributed by atoms with Gasteiger partial charge in [-0.2, -0.15) is 5.10 Å². The van der Waals surface area contributed by atoms with Gasteiger partial charge in [-0.15, -0.1) is 0 Å². The molecule has 1 aliphatic heterocycles. The lowest BCUT2D eigenvalue weighted by atomic mass is 9.73. The average molecular weight is 269 g/mol. The molecule has 1 N–H and O–H groups in total. The molecule has 2 heterocycles. The summed E-state index contributed by atoms with van der Waals surface area (Å²) < 4.78 is 2.05. The first-order valence-electron chi connectivity index (χ1n) is 7.46. The number of nitrogens with zero attached hydrogens (tertiary/aromatic N) is 2. The van der Waals surface area contributed by atoms with Crippen molar-refractivity contribution < 1.29 is 0 Å². The minimum absolute atomic E-state index is 0.345. The van der Waals surface area contributed by atoms with Gasteiger partial charge in [0, 0.05) is 30.7 Å². The van der Waals surface area contributed by atoms with Gasteiger partial charge in [0.15, 0.2) is 0 Å². The normalized spacial score (nSPS) is 17.1. The number of hydrogen-bond acceptors (Lipinski definition) is 2. The zero-order valence-corrected chi connectivity index (χ0v) is 12.3. The van der Waals surface area contributed by atoms with Crippen molar-refractivity contribution >= 4 is 0 Å². The number of nitrogens with one attached hydrogen (secondary N) is 1. The van der Waals surface area contributed by atoms with Crippen molar-refractivity contribution in [1.29, 1.82) is 0 Å². The van der Waals surface area contributed by atoms with E-state index >= 15 is 0 Å². The number of hydrogen-bond donors (Lipinski definition) is 1. The molecule has 0 radical (unpaired) electrons. The fraction of sp³-hybridized carbons (Fsp3) is 0.471. The van der Waals surface area contributed by atoms with Gasteiger partial charge in [-0.1, -0.05) is 30.3 Å². The second kappa shape index (κ2) is 5.41. The van der Waals surface area contributed by atoms with Crippen LogP contribution < -0.4 is 5.32 Å². The Kier molecular flexibility index (Phi) is 3.62. The molecule has 0 atom stereocenters. The molecule has 0 saturated carbocycles. The highest BCUT2D eigenvalue weighted by molar-refractivity contribution is 5.20. The van der Waals surface area contributed by atoms with Crippen LogP contribution in [0.5, 0.6) is 0 Å². The Bertz CT molecular complexity index is 553. The lowest BCUT2D eigenvalue weighted by Gasteiger charge is -2.42. The van der Waals surface area contributed by atoms with Gasteiger partial charge in [0.25, 0.3) is 0 Å². The predicted molar refractivity (Wildman–Crippen MR) is 81.8 cm³/mol. The smallest absolute Gasteiger partial charge is 0.0631 e. The Morgan fingerprint density at radius 2 is 1.90 bits per heavy atom. The maximum atomic E-state index is 4.71.